The number of hydrogen-bond acceptors (Lipinski definition) is 4. The second-order valence-electron chi connectivity index (χ2n) is 7.17. The monoisotopic (exact) mass is 383 g/mol. The van der Waals surface area contributed by atoms with Crippen molar-refractivity contribution in [2.24, 2.45) is 0 Å². The Hall–Kier alpha value is -2.86. The molecule has 2 aromatic rings. The maximum Gasteiger partial charge on any atom is 0.341 e. The van der Waals surface area contributed by atoms with Crippen molar-refractivity contribution in [1.29, 1.82) is 0 Å². The predicted octanol–water partition coefficient (Wildman–Crippen LogP) is 3.45. The fourth-order valence-electron chi connectivity index (χ4n) is 3.49. The number of aryl methyl sites for hydroxylation is 2. The van der Waals surface area contributed by atoms with E-state index < -0.39 is 18.0 Å². The molecule has 1 aliphatic heterocycles. The molecule has 1 fully saturated rings. The molecule has 0 atom stereocenters. The largest absolute Gasteiger partial charge is 0.482 e. The third-order valence-corrected chi connectivity index (χ3v) is 5.19. The first kappa shape index (κ1) is 19.9. The molecule has 28 heavy (non-hydrogen) atoms. The van der Waals surface area contributed by atoms with Crippen LogP contribution in [0.5, 0.6) is 5.75 Å². The Balaban J connectivity index is 1.82. The summed E-state index contributed by atoms with van der Waals surface area (Å²) in [6.45, 7) is 4.57. The van der Waals surface area contributed by atoms with Crippen LogP contribution < -0.4 is 10.1 Å². The predicted molar refractivity (Wildman–Crippen MR) is 106 cm³/mol. The Morgan fingerprint density at radius 1 is 1.11 bits per heavy atom. The van der Waals surface area contributed by atoms with Crippen LogP contribution in [0.3, 0.4) is 0 Å². The standard InChI is InChI=1S/C22H25NO5/c1-15-3-5-17(6-4-15)22(9-11-27-12-10-22)21(26)23-19-8-7-18(13-16(19)2)28-14-20(24)25/h3-8,13H,9-12,14H2,1-2H3,(H,23,26)(H,24,25). The van der Waals surface area contributed by atoms with Crippen molar-refractivity contribution in [3.05, 3.63) is 59.2 Å². The first-order valence-electron chi connectivity index (χ1n) is 9.32. The van der Waals surface area contributed by atoms with Gasteiger partial charge in [0.15, 0.2) is 6.61 Å². The van der Waals surface area contributed by atoms with Gasteiger partial charge in [-0.05, 0) is 56.0 Å². The van der Waals surface area contributed by atoms with E-state index in [1.165, 1.54) is 0 Å². The molecule has 0 spiro atoms. The quantitative estimate of drug-likeness (QED) is 0.798. The molecule has 1 aliphatic rings. The number of amides is 1. The average molecular weight is 383 g/mol. The van der Waals surface area contributed by atoms with Gasteiger partial charge in [-0.2, -0.15) is 0 Å². The molecule has 148 valence electrons. The number of carboxylic acids is 1. The molecule has 1 saturated heterocycles. The van der Waals surface area contributed by atoms with E-state index in [4.69, 9.17) is 14.6 Å². The zero-order chi connectivity index (χ0) is 20.1. The molecule has 1 amide bonds. The topological polar surface area (TPSA) is 84.9 Å². The van der Waals surface area contributed by atoms with Crippen LogP contribution in [0.25, 0.3) is 0 Å². The summed E-state index contributed by atoms with van der Waals surface area (Å²) in [4.78, 5) is 24.0. The smallest absolute Gasteiger partial charge is 0.341 e. The molecular weight excluding hydrogens is 358 g/mol. The summed E-state index contributed by atoms with van der Waals surface area (Å²) in [5, 5.41) is 11.8. The molecule has 6 nitrogen and oxygen atoms in total. The van der Waals surface area contributed by atoms with Crippen molar-refractivity contribution in [3.8, 4) is 5.75 Å². The number of carbonyl (C=O) groups excluding carboxylic acids is 1. The minimum absolute atomic E-state index is 0.0537. The van der Waals surface area contributed by atoms with Crippen LogP contribution in [0.15, 0.2) is 42.5 Å². The normalized spacial score (nSPS) is 15.6. The molecule has 2 N–H and O–H groups in total. The van der Waals surface area contributed by atoms with Gasteiger partial charge in [0.25, 0.3) is 0 Å². The van der Waals surface area contributed by atoms with Crippen LogP contribution in [0.1, 0.15) is 29.5 Å². The fourth-order valence-corrected chi connectivity index (χ4v) is 3.49. The number of rotatable bonds is 6. The highest BCUT2D eigenvalue weighted by molar-refractivity contribution is 5.99. The maximum absolute atomic E-state index is 13.4. The number of carbonyl (C=O) groups is 2. The molecule has 2 aromatic carbocycles. The highest BCUT2D eigenvalue weighted by atomic mass is 16.5. The Bertz CT molecular complexity index is 854. The van der Waals surface area contributed by atoms with Gasteiger partial charge in [0.1, 0.15) is 5.75 Å². The number of carboxylic acid groups (broad SMARTS) is 1. The molecular formula is C22H25NO5. The number of anilines is 1. The molecule has 0 unspecified atom stereocenters. The Morgan fingerprint density at radius 2 is 1.79 bits per heavy atom. The van der Waals surface area contributed by atoms with E-state index in [0.29, 0.717) is 37.5 Å². The second kappa shape index (κ2) is 8.44. The SMILES string of the molecule is Cc1ccc(C2(C(=O)Nc3ccc(OCC(=O)O)cc3C)CCOCC2)cc1. The van der Waals surface area contributed by atoms with Gasteiger partial charge in [-0.3, -0.25) is 4.79 Å². The first-order chi connectivity index (χ1) is 13.4. The number of hydrogen-bond donors (Lipinski definition) is 2. The van der Waals surface area contributed by atoms with Gasteiger partial charge in [0.2, 0.25) is 5.91 Å². The van der Waals surface area contributed by atoms with Crippen LogP contribution in [-0.4, -0.2) is 36.8 Å². The summed E-state index contributed by atoms with van der Waals surface area (Å²) in [5.41, 5.74) is 3.02. The molecule has 0 radical (unpaired) electrons. The van der Waals surface area contributed by atoms with Gasteiger partial charge in [-0.15, -0.1) is 0 Å². The van der Waals surface area contributed by atoms with Crippen LogP contribution in [-0.2, 0) is 19.7 Å². The highest BCUT2D eigenvalue weighted by Crippen LogP contribution is 2.37. The second-order valence-corrected chi connectivity index (χ2v) is 7.17. The van der Waals surface area contributed by atoms with Crippen LogP contribution >= 0.6 is 0 Å². The Labute approximate surface area is 164 Å². The van der Waals surface area contributed by atoms with Crippen LogP contribution in [0, 0.1) is 13.8 Å². The lowest BCUT2D eigenvalue weighted by atomic mass is 9.73. The molecule has 1 heterocycles. The zero-order valence-corrected chi connectivity index (χ0v) is 16.2. The van der Waals surface area contributed by atoms with E-state index in [2.05, 4.69) is 5.32 Å². The van der Waals surface area contributed by atoms with E-state index in [0.717, 1.165) is 16.7 Å². The molecule has 3 rings (SSSR count). The van der Waals surface area contributed by atoms with Gasteiger partial charge in [-0.25, -0.2) is 4.79 Å². The Kier molecular flexibility index (Phi) is 5.99. The number of aliphatic carboxylic acids is 1. The maximum atomic E-state index is 13.4. The first-order valence-corrected chi connectivity index (χ1v) is 9.32. The van der Waals surface area contributed by atoms with Gasteiger partial charge in [0.05, 0.1) is 5.41 Å². The Morgan fingerprint density at radius 3 is 2.39 bits per heavy atom. The summed E-state index contributed by atoms with van der Waals surface area (Å²) >= 11 is 0. The van der Waals surface area contributed by atoms with Crippen molar-refractivity contribution in [2.45, 2.75) is 32.1 Å². The third kappa shape index (κ3) is 4.34. The average Bonchev–Trinajstić information content (AvgIpc) is 2.69. The summed E-state index contributed by atoms with van der Waals surface area (Å²) in [7, 11) is 0. The van der Waals surface area contributed by atoms with Crippen molar-refractivity contribution >= 4 is 17.6 Å². The van der Waals surface area contributed by atoms with E-state index >= 15 is 0 Å². The van der Waals surface area contributed by atoms with Crippen molar-refractivity contribution in [2.75, 3.05) is 25.1 Å². The molecule has 0 aromatic heterocycles. The zero-order valence-electron chi connectivity index (χ0n) is 16.2. The third-order valence-electron chi connectivity index (χ3n) is 5.19. The van der Waals surface area contributed by atoms with E-state index in [9.17, 15) is 9.59 Å². The lowest BCUT2D eigenvalue weighted by Crippen LogP contribution is -2.45. The van der Waals surface area contributed by atoms with Crippen molar-refractivity contribution in [1.82, 2.24) is 0 Å². The summed E-state index contributed by atoms with van der Waals surface area (Å²) in [5.74, 6) is -0.631. The van der Waals surface area contributed by atoms with E-state index in [1.54, 1.807) is 18.2 Å². The van der Waals surface area contributed by atoms with Crippen molar-refractivity contribution in [3.63, 3.8) is 0 Å². The van der Waals surface area contributed by atoms with Gasteiger partial charge in [-0.1, -0.05) is 29.8 Å². The van der Waals surface area contributed by atoms with Gasteiger partial charge >= 0.3 is 5.97 Å². The minimum Gasteiger partial charge on any atom is -0.482 e. The lowest BCUT2D eigenvalue weighted by Gasteiger charge is -2.36. The molecule has 6 heteroatoms. The van der Waals surface area contributed by atoms with Gasteiger partial charge in [0, 0.05) is 18.9 Å². The number of nitrogens with one attached hydrogen (secondary N) is 1. The minimum atomic E-state index is -1.03. The van der Waals surface area contributed by atoms with Crippen LogP contribution in [0.4, 0.5) is 5.69 Å². The lowest BCUT2D eigenvalue weighted by molar-refractivity contribution is -0.139. The molecule has 0 saturated carbocycles. The van der Waals surface area contributed by atoms with Gasteiger partial charge < -0.3 is 19.9 Å². The number of benzene rings is 2. The summed E-state index contributed by atoms with van der Waals surface area (Å²) < 4.78 is 10.7. The molecule has 0 aliphatic carbocycles. The van der Waals surface area contributed by atoms with Crippen molar-refractivity contribution < 1.29 is 24.2 Å². The highest BCUT2D eigenvalue weighted by Gasteiger charge is 2.41. The van der Waals surface area contributed by atoms with E-state index in [-0.39, 0.29) is 5.91 Å². The fraction of sp³-hybridized carbons (Fsp3) is 0.364. The van der Waals surface area contributed by atoms with E-state index in [1.807, 2.05) is 38.1 Å². The molecule has 0 bridgehead atoms. The van der Waals surface area contributed by atoms with Crippen LogP contribution in [0.2, 0.25) is 0 Å². The summed E-state index contributed by atoms with van der Waals surface area (Å²) in [6.07, 6.45) is 1.25. The summed E-state index contributed by atoms with van der Waals surface area (Å²) in [6, 6.07) is 13.2. The number of ether oxygens (including phenoxy) is 2.